The van der Waals surface area contributed by atoms with Gasteiger partial charge in [-0.05, 0) is 31.9 Å². The van der Waals surface area contributed by atoms with Crippen LogP contribution in [0.2, 0.25) is 5.02 Å². The standard InChI is InChI=1S/C19H21ClF3N5O4S/c1-12-15(5-9-33(30,31)32-18(29)24-7-3-6-19(21,22)23)17(27(2)26-12)28-8-4-13-10-14(20)11-25-16(13)28/h4,8,10-11H,3,5-7,9H2,1-2H3,(H,24,29). The molecule has 0 aliphatic rings. The molecule has 0 aliphatic heterocycles. The van der Waals surface area contributed by atoms with Gasteiger partial charge in [-0.25, -0.2) is 9.78 Å². The summed E-state index contributed by atoms with van der Waals surface area (Å²) >= 11 is 5.99. The Bertz CT molecular complexity index is 1270. The molecule has 1 amide bonds. The van der Waals surface area contributed by atoms with Crippen LogP contribution >= 0.6 is 11.6 Å². The highest BCUT2D eigenvalue weighted by molar-refractivity contribution is 7.87. The second-order valence-electron chi connectivity index (χ2n) is 7.29. The van der Waals surface area contributed by atoms with E-state index in [0.717, 1.165) is 5.39 Å². The second-order valence-corrected chi connectivity index (χ2v) is 9.42. The molecule has 14 heteroatoms. The molecule has 3 heterocycles. The van der Waals surface area contributed by atoms with Gasteiger partial charge in [0.25, 0.3) is 0 Å². The van der Waals surface area contributed by atoms with Crippen LogP contribution in [0.15, 0.2) is 24.5 Å². The monoisotopic (exact) mass is 507 g/mol. The molecule has 1 N–H and O–H groups in total. The van der Waals surface area contributed by atoms with E-state index in [4.69, 9.17) is 11.6 Å². The van der Waals surface area contributed by atoms with Crippen molar-refractivity contribution < 1.29 is 30.6 Å². The fraction of sp³-hybridized carbons (Fsp3) is 0.421. The van der Waals surface area contributed by atoms with Gasteiger partial charge in [0.15, 0.2) is 0 Å². The highest BCUT2D eigenvalue weighted by Gasteiger charge is 2.26. The number of carbonyl (C=O) groups excluding carboxylic acids is 1. The summed E-state index contributed by atoms with van der Waals surface area (Å²) in [6.45, 7) is 1.35. The number of nitrogens with zero attached hydrogens (tertiary/aromatic N) is 4. The van der Waals surface area contributed by atoms with Crippen molar-refractivity contribution in [1.29, 1.82) is 0 Å². The molecular formula is C19H21ClF3N5O4S. The highest BCUT2D eigenvalue weighted by Crippen LogP contribution is 2.26. The molecule has 180 valence electrons. The van der Waals surface area contributed by atoms with Crippen molar-refractivity contribution in [2.24, 2.45) is 7.05 Å². The zero-order valence-electron chi connectivity index (χ0n) is 17.7. The maximum atomic E-state index is 12.2. The van der Waals surface area contributed by atoms with E-state index < -0.39 is 34.6 Å². The number of pyridine rings is 1. The van der Waals surface area contributed by atoms with E-state index in [2.05, 4.69) is 14.3 Å². The Morgan fingerprint density at radius 3 is 2.76 bits per heavy atom. The Balaban J connectivity index is 1.69. The largest absolute Gasteiger partial charge is 0.422 e. The Morgan fingerprint density at radius 2 is 2.06 bits per heavy atom. The average Bonchev–Trinajstić information content (AvgIpc) is 3.21. The molecule has 0 saturated heterocycles. The molecule has 0 saturated carbocycles. The van der Waals surface area contributed by atoms with Gasteiger partial charge in [-0.2, -0.15) is 26.7 Å². The summed E-state index contributed by atoms with van der Waals surface area (Å²) in [6.07, 6.45) is -3.94. The smallest absolute Gasteiger partial charge is 0.328 e. The van der Waals surface area contributed by atoms with Crippen LogP contribution in [-0.4, -0.2) is 52.3 Å². The number of carbonyl (C=O) groups is 1. The van der Waals surface area contributed by atoms with E-state index >= 15 is 0 Å². The van der Waals surface area contributed by atoms with Crippen molar-refractivity contribution >= 4 is 38.8 Å². The molecule has 0 radical (unpaired) electrons. The third kappa shape index (κ3) is 6.38. The van der Waals surface area contributed by atoms with Crippen molar-refractivity contribution in [2.45, 2.75) is 32.4 Å². The maximum Gasteiger partial charge on any atom is 0.422 e. The van der Waals surface area contributed by atoms with Gasteiger partial charge in [0.05, 0.1) is 16.5 Å². The molecule has 0 aromatic carbocycles. The lowest BCUT2D eigenvalue weighted by Gasteiger charge is -2.11. The normalized spacial score (nSPS) is 12.3. The fourth-order valence-corrected chi connectivity index (χ4v) is 4.34. The Labute approximate surface area is 192 Å². The zero-order chi connectivity index (χ0) is 24.4. The summed E-state index contributed by atoms with van der Waals surface area (Å²) in [7, 11) is -2.60. The molecule has 3 aromatic rings. The molecule has 0 fully saturated rings. The van der Waals surface area contributed by atoms with Crippen molar-refractivity contribution in [3.63, 3.8) is 0 Å². The summed E-state index contributed by atoms with van der Waals surface area (Å²) in [5, 5.41) is 7.62. The molecule has 0 atom stereocenters. The van der Waals surface area contributed by atoms with Crippen molar-refractivity contribution in [3.8, 4) is 5.82 Å². The molecule has 0 aliphatic carbocycles. The van der Waals surface area contributed by atoms with Crippen LogP contribution in [0.3, 0.4) is 0 Å². The molecular weight excluding hydrogens is 487 g/mol. The minimum atomic E-state index is -4.36. The summed E-state index contributed by atoms with van der Waals surface area (Å²) in [6, 6.07) is 3.55. The predicted molar refractivity (Wildman–Crippen MR) is 115 cm³/mol. The number of nitrogens with one attached hydrogen (secondary N) is 1. The third-order valence-corrected chi connectivity index (χ3v) is 6.06. The minimum Gasteiger partial charge on any atom is -0.328 e. The number of halogens is 4. The van der Waals surface area contributed by atoms with Crippen LogP contribution in [0.4, 0.5) is 18.0 Å². The van der Waals surface area contributed by atoms with Gasteiger partial charge in [0, 0.05) is 43.4 Å². The molecule has 9 nitrogen and oxygen atoms in total. The molecule has 0 unspecified atom stereocenters. The van der Waals surface area contributed by atoms with Crippen LogP contribution in [0.5, 0.6) is 0 Å². The first-order chi connectivity index (χ1) is 15.4. The van der Waals surface area contributed by atoms with Crippen LogP contribution in [0, 0.1) is 6.92 Å². The minimum absolute atomic E-state index is 0.0219. The highest BCUT2D eigenvalue weighted by atomic mass is 35.5. The zero-order valence-corrected chi connectivity index (χ0v) is 19.3. The van der Waals surface area contributed by atoms with Crippen LogP contribution in [0.25, 0.3) is 16.9 Å². The lowest BCUT2D eigenvalue weighted by Crippen LogP contribution is -2.29. The van der Waals surface area contributed by atoms with Crippen molar-refractivity contribution in [1.82, 2.24) is 24.6 Å². The number of amides is 1. The van der Waals surface area contributed by atoms with E-state index in [1.165, 1.54) is 6.20 Å². The number of rotatable bonds is 8. The van der Waals surface area contributed by atoms with Crippen LogP contribution in [0.1, 0.15) is 24.1 Å². The van der Waals surface area contributed by atoms with E-state index in [0.29, 0.717) is 27.7 Å². The SMILES string of the molecule is Cc1nn(C)c(-n2ccc3cc(Cl)cnc32)c1CCS(=O)(=O)OC(=O)NCCCC(F)(F)F. The Kier molecular flexibility index (Phi) is 7.22. The van der Waals surface area contributed by atoms with Crippen LogP contribution < -0.4 is 5.32 Å². The van der Waals surface area contributed by atoms with E-state index in [-0.39, 0.29) is 19.4 Å². The average molecular weight is 508 g/mol. The fourth-order valence-electron chi connectivity index (χ4n) is 3.34. The topological polar surface area (TPSA) is 108 Å². The quantitative estimate of drug-likeness (QED) is 0.368. The van der Waals surface area contributed by atoms with Gasteiger partial charge < -0.3 is 9.50 Å². The number of hydrogen-bond acceptors (Lipinski definition) is 6. The van der Waals surface area contributed by atoms with Gasteiger partial charge in [-0.1, -0.05) is 11.6 Å². The lowest BCUT2D eigenvalue weighted by atomic mass is 10.2. The number of aromatic nitrogens is 4. The van der Waals surface area contributed by atoms with Gasteiger partial charge in [-0.3, -0.25) is 9.25 Å². The summed E-state index contributed by atoms with van der Waals surface area (Å²) in [5.41, 5.74) is 1.78. The molecule has 0 bridgehead atoms. The van der Waals surface area contributed by atoms with Crippen molar-refractivity contribution in [2.75, 3.05) is 12.3 Å². The van der Waals surface area contributed by atoms with E-state index in [1.807, 2.05) is 11.4 Å². The first-order valence-electron chi connectivity index (χ1n) is 9.78. The lowest BCUT2D eigenvalue weighted by molar-refractivity contribution is -0.135. The number of alkyl halides is 3. The summed E-state index contributed by atoms with van der Waals surface area (Å²) in [5.74, 6) is 0.0464. The molecule has 3 rings (SSSR count). The third-order valence-electron chi connectivity index (χ3n) is 4.75. The van der Waals surface area contributed by atoms with Gasteiger partial charge in [0.1, 0.15) is 11.5 Å². The van der Waals surface area contributed by atoms with Gasteiger partial charge in [-0.15, -0.1) is 0 Å². The first kappa shape index (κ1) is 24.8. The first-order valence-corrected chi connectivity index (χ1v) is 11.7. The number of aryl methyl sites for hydroxylation is 2. The Morgan fingerprint density at radius 1 is 1.33 bits per heavy atom. The second kappa shape index (κ2) is 9.59. The molecule has 0 spiro atoms. The summed E-state index contributed by atoms with van der Waals surface area (Å²) in [4.78, 5) is 16.0. The predicted octanol–water partition coefficient (Wildman–Crippen LogP) is 3.66. The number of fused-ring (bicyclic) bond motifs is 1. The summed E-state index contributed by atoms with van der Waals surface area (Å²) < 4.78 is 68.6. The van der Waals surface area contributed by atoms with E-state index in [9.17, 15) is 26.4 Å². The number of hydrogen-bond donors (Lipinski definition) is 1. The molecule has 3 aromatic heterocycles. The Hall–Kier alpha value is -2.80. The van der Waals surface area contributed by atoms with Crippen LogP contribution in [-0.2, 0) is 27.8 Å². The van der Waals surface area contributed by atoms with Gasteiger partial charge in [0.2, 0.25) is 0 Å². The van der Waals surface area contributed by atoms with Crippen molar-refractivity contribution in [3.05, 3.63) is 40.8 Å². The maximum absolute atomic E-state index is 12.2. The molecule has 33 heavy (non-hydrogen) atoms. The van der Waals surface area contributed by atoms with E-state index in [1.54, 1.807) is 35.5 Å². The van der Waals surface area contributed by atoms with Gasteiger partial charge >= 0.3 is 22.4 Å².